The SMILES string of the molecule is Cc1cccc(N2CCN(C(=O)/C=C/c3cccs3)CC2C)c1. The highest BCUT2D eigenvalue weighted by molar-refractivity contribution is 7.10. The Balaban J connectivity index is 1.63. The average molecular weight is 326 g/mol. The number of hydrogen-bond acceptors (Lipinski definition) is 3. The molecule has 1 amide bonds. The number of hydrogen-bond donors (Lipinski definition) is 0. The Morgan fingerprint density at radius 3 is 2.83 bits per heavy atom. The first-order chi connectivity index (χ1) is 11.1. The van der Waals surface area contributed by atoms with Crippen molar-refractivity contribution in [3.63, 3.8) is 0 Å². The van der Waals surface area contributed by atoms with Crippen molar-refractivity contribution in [2.24, 2.45) is 0 Å². The van der Waals surface area contributed by atoms with Crippen LogP contribution < -0.4 is 4.90 Å². The minimum atomic E-state index is 0.106. The number of piperazine rings is 1. The number of anilines is 1. The lowest BCUT2D eigenvalue weighted by Crippen LogP contribution is -2.53. The van der Waals surface area contributed by atoms with Crippen molar-refractivity contribution in [2.75, 3.05) is 24.5 Å². The predicted molar refractivity (Wildman–Crippen MR) is 97.9 cm³/mol. The zero-order chi connectivity index (χ0) is 16.2. The lowest BCUT2D eigenvalue weighted by Gasteiger charge is -2.41. The van der Waals surface area contributed by atoms with Crippen LogP contribution in [-0.4, -0.2) is 36.5 Å². The maximum atomic E-state index is 12.4. The van der Waals surface area contributed by atoms with E-state index in [0.717, 1.165) is 24.5 Å². The topological polar surface area (TPSA) is 23.6 Å². The van der Waals surface area contributed by atoms with Crippen molar-refractivity contribution in [3.05, 3.63) is 58.3 Å². The Kier molecular flexibility index (Phi) is 4.82. The molecule has 1 aromatic carbocycles. The Morgan fingerprint density at radius 1 is 1.26 bits per heavy atom. The first-order valence-electron chi connectivity index (χ1n) is 7.97. The summed E-state index contributed by atoms with van der Waals surface area (Å²) in [6.45, 7) is 6.71. The van der Waals surface area contributed by atoms with E-state index in [1.165, 1.54) is 11.3 Å². The van der Waals surface area contributed by atoms with E-state index in [1.54, 1.807) is 17.4 Å². The lowest BCUT2D eigenvalue weighted by atomic mass is 10.1. The summed E-state index contributed by atoms with van der Waals surface area (Å²) in [5.41, 5.74) is 2.52. The molecule has 0 spiro atoms. The largest absolute Gasteiger partial charge is 0.365 e. The van der Waals surface area contributed by atoms with Gasteiger partial charge in [-0.25, -0.2) is 0 Å². The van der Waals surface area contributed by atoms with Gasteiger partial charge in [0.1, 0.15) is 0 Å². The van der Waals surface area contributed by atoms with Gasteiger partial charge in [-0.05, 0) is 49.1 Å². The van der Waals surface area contributed by atoms with Crippen molar-refractivity contribution in [1.29, 1.82) is 0 Å². The molecule has 1 aromatic heterocycles. The summed E-state index contributed by atoms with van der Waals surface area (Å²) in [5.74, 6) is 0.106. The standard InChI is InChI=1S/C19H22N2OS/c1-15-5-3-6-17(13-15)21-11-10-20(14-16(21)2)19(22)9-8-18-7-4-12-23-18/h3-9,12-13,16H,10-11,14H2,1-2H3/b9-8+. The van der Waals surface area contributed by atoms with E-state index in [2.05, 4.69) is 43.0 Å². The van der Waals surface area contributed by atoms with Crippen LogP contribution in [-0.2, 0) is 4.79 Å². The van der Waals surface area contributed by atoms with E-state index in [4.69, 9.17) is 0 Å². The van der Waals surface area contributed by atoms with Crippen LogP contribution in [0.5, 0.6) is 0 Å². The molecule has 1 aliphatic heterocycles. The molecule has 0 N–H and O–H groups in total. The number of benzene rings is 1. The van der Waals surface area contributed by atoms with Gasteiger partial charge in [0.25, 0.3) is 0 Å². The van der Waals surface area contributed by atoms with Crippen LogP contribution in [0.1, 0.15) is 17.4 Å². The van der Waals surface area contributed by atoms with E-state index in [9.17, 15) is 4.79 Å². The molecule has 3 nitrogen and oxygen atoms in total. The number of thiophene rings is 1. The first-order valence-corrected chi connectivity index (χ1v) is 8.85. The molecule has 0 bridgehead atoms. The molecule has 1 fully saturated rings. The second-order valence-corrected chi connectivity index (χ2v) is 6.99. The van der Waals surface area contributed by atoms with Gasteiger partial charge in [0.2, 0.25) is 5.91 Å². The second-order valence-electron chi connectivity index (χ2n) is 6.01. The summed E-state index contributed by atoms with van der Waals surface area (Å²) in [7, 11) is 0. The van der Waals surface area contributed by atoms with Gasteiger partial charge in [-0.1, -0.05) is 18.2 Å². The van der Waals surface area contributed by atoms with Crippen LogP contribution in [0.15, 0.2) is 47.9 Å². The quantitative estimate of drug-likeness (QED) is 0.801. The molecule has 23 heavy (non-hydrogen) atoms. The van der Waals surface area contributed by atoms with E-state index in [1.807, 2.05) is 28.5 Å². The molecule has 0 aliphatic carbocycles. The molecule has 0 saturated carbocycles. The fraction of sp³-hybridized carbons (Fsp3) is 0.316. The minimum absolute atomic E-state index is 0.106. The summed E-state index contributed by atoms with van der Waals surface area (Å²) in [6, 6.07) is 12.9. The molecule has 120 valence electrons. The summed E-state index contributed by atoms with van der Waals surface area (Å²) in [4.78, 5) is 17.8. The smallest absolute Gasteiger partial charge is 0.246 e. The lowest BCUT2D eigenvalue weighted by molar-refractivity contribution is -0.126. The molecule has 2 aromatic rings. The predicted octanol–water partition coefficient (Wildman–Crippen LogP) is 3.81. The highest BCUT2D eigenvalue weighted by Crippen LogP contribution is 2.22. The van der Waals surface area contributed by atoms with Crippen LogP contribution in [0.4, 0.5) is 5.69 Å². The Bertz CT molecular complexity index is 693. The van der Waals surface area contributed by atoms with Gasteiger partial charge in [0.15, 0.2) is 0 Å². The third-order valence-corrected chi connectivity index (χ3v) is 5.04. The molecule has 1 aliphatic rings. The molecule has 3 rings (SSSR count). The van der Waals surface area contributed by atoms with Crippen molar-refractivity contribution in [2.45, 2.75) is 19.9 Å². The molecule has 1 unspecified atom stereocenters. The van der Waals surface area contributed by atoms with Gasteiger partial charge in [-0.15, -0.1) is 11.3 Å². The van der Waals surface area contributed by atoms with Crippen LogP contribution in [0.3, 0.4) is 0 Å². The molecule has 1 saturated heterocycles. The fourth-order valence-electron chi connectivity index (χ4n) is 2.99. The van der Waals surface area contributed by atoms with Gasteiger partial charge in [-0.2, -0.15) is 0 Å². The number of amides is 1. The number of nitrogens with zero attached hydrogens (tertiary/aromatic N) is 2. The third-order valence-electron chi connectivity index (χ3n) is 4.21. The summed E-state index contributed by atoms with van der Waals surface area (Å²) in [5, 5.41) is 2.02. The molecule has 4 heteroatoms. The summed E-state index contributed by atoms with van der Waals surface area (Å²) in [6.07, 6.45) is 3.60. The summed E-state index contributed by atoms with van der Waals surface area (Å²) < 4.78 is 0. The van der Waals surface area contributed by atoms with Crippen molar-refractivity contribution < 1.29 is 4.79 Å². The fourth-order valence-corrected chi connectivity index (χ4v) is 3.61. The Hall–Kier alpha value is -2.07. The van der Waals surface area contributed by atoms with Crippen molar-refractivity contribution in [1.82, 2.24) is 4.90 Å². The van der Waals surface area contributed by atoms with E-state index >= 15 is 0 Å². The molecular weight excluding hydrogens is 304 g/mol. The molecule has 0 radical (unpaired) electrons. The monoisotopic (exact) mass is 326 g/mol. The van der Waals surface area contributed by atoms with Gasteiger partial charge < -0.3 is 9.80 Å². The average Bonchev–Trinajstić information content (AvgIpc) is 3.06. The number of carbonyl (C=O) groups is 1. The van der Waals surface area contributed by atoms with E-state index < -0.39 is 0 Å². The normalized spacial score (nSPS) is 18.6. The molecular formula is C19H22N2OS. The van der Waals surface area contributed by atoms with Gasteiger partial charge >= 0.3 is 0 Å². The zero-order valence-corrected chi connectivity index (χ0v) is 14.4. The van der Waals surface area contributed by atoms with E-state index in [0.29, 0.717) is 6.04 Å². The highest BCUT2D eigenvalue weighted by atomic mass is 32.1. The molecule has 2 heterocycles. The second kappa shape index (κ2) is 7.01. The molecule has 1 atom stereocenters. The van der Waals surface area contributed by atoms with Crippen LogP contribution >= 0.6 is 11.3 Å². The van der Waals surface area contributed by atoms with Crippen LogP contribution in [0.2, 0.25) is 0 Å². The van der Waals surface area contributed by atoms with Gasteiger partial charge in [-0.3, -0.25) is 4.79 Å². The third kappa shape index (κ3) is 3.82. The van der Waals surface area contributed by atoms with Crippen LogP contribution in [0.25, 0.3) is 6.08 Å². The number of carbonyl (C=O) groups excluding carboxylic acids is 1. The first kappa shape index (κ1) is 15.8. The minimum Gasteiger partial charge on any atom is -0.365 e. The van der Waals surface area contributed by atoms with Gasteiger partial charge in [0, 0.05) is 42.3 Å². The van der Waals surface area contributed by atoms with Crippen molar-refractivity contribution in [3.8, 4) is 0 Å². The Morgan fingerprint density at radius 2 is 2.13 bits per heavy atom. The zero-order valence-electron chi connectivity index (χ0n) is 13.6. The van der Waals surface area contributed by atoms with Crippen molar-refractivity contribution >= 4 is 29.0 Å². The maximum Gasteiger partial charge on any atom is 0.246 e. The number of aryl methyl sites for hydroxylation is 1. The maximum absolute atomic E-state index is 12.4. The van der Waals surface area contributed by atoms with Gasteiger partial charge in [0.05, 0.1) is 0 Å². The highest BCUT2D eigenvalue weighted by Gasteiger charge is 2.25. The van der Waals surface area contributed by atoms with E-state index in [-0.39, 0.29) is 5.91 Å². The van der Waals surface area contributed by atoms with Crippen LogP contribution in [0, 0.1) is 6.92 Å². The number of rotatable bonds is 3. The summed E-state index contributed by atoms with van der Waals surface area (Å²) >= 11 is 1.65. The Labute approximate surface area is 141 Å².